The lowest BCUT2D eigenvalue weighted by molar-refractivity contribution is -0.123. The van der Waals surface area contributed by atoms with Crippen molar-refractivity contribution in [1.82, 2.24) is 14.9 Å². The topological polar surface area (TPSA) is 46.9 Å². The molecule has 1 unspecified atom stereocenters. The number of carbonyl (C=O) groups is 1. The summed E-state index contributed by atoms with van der Waals surface area (Å²) in [4.78, 5) is 16.6. The van der Waals surface area contributed by atoms with Crippen LogP contribution in [0.5, 0.6) is 0 Å². The Morgan fingerprint density at radius 2 is 2.26 bits per heavy atom. The minimum Gasteiger partial charge on any atom is -0.353 e. The zero-order valence-electron chi connectivity index (χ0n) is 12.9. The number of rotatable bonds is 7. The van der Waals surface area contributed by atoms with Gasteiger partial charge in [0.2, 0.25) is 5.91 Å². The standard InChI is InChI=1S/C17H19N3OS2/c1-13(20-12-19-15-4-2-3-5-16(15)20)17(21)18-7-9-23-11-14-6-8-22-10-14/h2-6,8,10,12-13H,7,9,11H2,1H3,(H,18,21). The van der Waals surface area contributed by atoms with Crippen molar-refractivity contribution in [3.8, 4) is 0 Å². The van der Waals surface area contributed by atoms with E-state index in [9.17, 15) is 4.79 Å². The molecule has 1 aromatic carbocycles. The van der Waals surface area contributed by atoms with E-state index in [4.69, 9.17) is 0 Å². The molecule has 0 saturated carbocycles. The van der Waals surface area contributed by atoms with Crippen LogP contribution in [0.3, 0.4) is 0 Å². The Kier molecular flexibility index (Phi) is 5.35. The summed E-state index contributed by atoms with van der Waals surface area (Å²) in [5.74, 6) is 1.95. The summed E-state index contributed by atoms with van der Waals surface area (Å²) in [5, 5.41) is 7.27. The number of para-hydroxylation sites is 2. The first kappa shape index (κ1) is 16.1. The van der Waals surface area contributed by atoms with Gasteiger partial charge < -0.3 is 9.88 Å². The number of benzene rings is 1. The summed E-state index contributed by atoms with van der Waals surface area (Å²) in [6, 6.07) is 9.74. The van der Waals surface area contributed by atoms with Gasteiger partial charge in [-0.15, -0.1) is 0 Å². The molecule has 120 valence electrons. The van der Waals surface area contributed by atoms with Gasteiger partial charge in [0.1, 0.15) is 6.04 Å². The van der Waals surface area contributed by atoms with Crippen LogP contribution < -0.4 is 5.32 Å². The highest BCUT2D eigenvalue weighted by Crippen LogP contribution is 2.17. The third-order valence-corrected chi connectivity index (χ3v) is 5.43. The molecule has 2 aromatic heterocycles. The normalized spacial score (nSPS) is 12.4. The van der Waals surface area contributed by atoms with Gasteiger partial charge in [0.15, 0.2) is 0 Å². The molecule has 1 N–H and O–H groups in total. The molecule has 4 nitrogen and oxygen atoms in total. The van der Waals surface area contributed by atoms with E-state index < -0.39 is 0 Å². The summed E-state index contributed by atoms with van der Waals surface area (Å²) < 4.78 is 1.92. The average molecular weight is 345 g/mol. The molecule has 0 aliphatic carbocycles. The van der Waals surface area contributed by atoms with Crippen molar-refractivity contribution in [3.63, 3.8) is 0 Å². The Bertz CT molecular complexity index is 767. The van der Waals surface area contributed by atoms with Gasteiger partial charge >= 0.3 is 0 Å². The van der Waals surface area contributed by atoms with Crippen molar-refractivity contribution in [2.45, 2.75) is 18.7 Å². The Morgan fingerprint density at radius 1 is 1.39 bits per heavy atom. The molecule has 0 radical (unpaired) electrons. The molecule has 0 aliphatic heterocycles. The van der Waals surface area contributed by atoms with E-state index >= 15 is 0 Å². The predicted molar refractivity (Wildman–Crippen MR) is 97.9 cm³/mol. The average Bonchev–Trinajstić information content (AvgIpc) is 3.23. The zero-order valence-corrected chi connectivity index (χ0v) is 14.6. The molecule has 3 aromatic rings. The quantitative estimate of drug-likeness (QED) is 0.664. The minimum absolute atomic E-state index is 0.0317. The van der Waals surface area contributed by atoms with Crippen LogP contribution in [-0.4, -0.2) is 27.8 Å². The van der Waals surface area contributed by atoms with Crippen molar-refractivity contribution in [3.05, 3.63) is 53.0 Å². The first-order valence-electron chi connectivity index (χ1n) is 7.54. The molecule has 23 heavy (non-hydrogen) atoms. The van der Waals surface area contributed by atoms with Crippen LogP contribution in [0.4, 0.5) is 0 Å². The molecule has 0 fully saturated rings. The van der Waals surface area contributed by atoms with E-state index in [1.165, 1.54) is 5.56 Å². The molecule has 3 rings (SSSR count). The number of fused-ring (bicyclic) bond motifs is 1. The Labute approximate surface area is 143 Å². The lowest BCUT2D eigenvalue weighted by Crippen LogP contribution is -2.32. The van der Waals surface area contributed by atoms with Crippen molar-refractivity contribution in [2.75, 3.05) is 12.3 Å². The fourth-order valence-electron chi connectivity index (χ4n) is 2.37. The number of nitrogens with zero attached hydrogens (tertiary/aromatic N) is 2. The number of aromatic nitrogens is 2. The molecular formula is C17H19N3OS2. The molecule has 0 aliphatic rings. The third-order valence-electron chi connectivity index (χ3n) is 3.67. The highest BCUT2D eigenvalue weighted by atomic mass is 32.2. The number of hydrogen-bond donors (Lipinski definition) is 1. The van der Waals surface area contributed by atoms with Gasteiger partial charge in [0, 0.05) is 18.1 Å². The van der Waals surface area contributed by atoms with Crippen LogP contribution in [0, 0.1) is 0 Å². The first-order valence-corrected chi connectivity index (χ1v) is 9.63. The molecule has 1 atom stereocenters. The van der Waals surface area contributed by atoms with E-state index in [-0.39, 0.29) is 11.9 Å². The maximum absolute atomic E-state index is 12.3. The summed E-state index contributed by atoms with van der Waals surface area (Å²) in [7, 11) is 0. The molecule has 1 amide bonds. The summed E-state index contributed by atoms with van der Waals surface area (Å²) in [6.45, 7) is 2.59. The van der Waals surface area contributed by atoms with Crippen molar-refractivity contribution in [2.24, 2.45) is 0 Å². The maximum Gasteiger partial charge on any atom is 0.242 e. The van der Waals surface area contributed by atoms with Gasteiger partial charge in [-0.2, -0.15) is 23.1 Å². The van der Waals surface area contributed by atoms with Gasteiger partial charge in [-0.05, 0) is 41.4 Å². The van der Waals surface area contributed by atoms with Crippen molar-refractivity contribution >= 4 is 40.0 Å². The fraction of sp³-hybridized carbons (Fsp3) is 0.294. The Balaban J connectivity index is 1.48. The van der Waals surface area contributed by atoms with Crippen LogP contribution >= 0.6 is 23.1 Å². The molecule has 2 heterocycles. The monoisotopic (exact) mass is 345 g/mol. The lowest BCUT2D eigenvalue weighted by atomic mass is 10.2. The van der Waals surface area contributed by atoms with Crippen LogP contribution in [0.1, 0.15) is 18.5 Å². The number of imidazole rings is 1. The molecule has 0 spiro atoms. The van der Waals surface area contributed by atoms with Gasteiger partial charge in [0.05, 0.1) is 17.4 Å². The summed E-state index contributed by atoms with van der Waals surface area (Å²) >= 11 is 3.56. The largest absolute Gasteiger partial charge is 0.353 e. The molecular weight excluding hydrogens is 326 g/mol. The highest BCUT2D eigenvalue weighted by molar-refractivity contribution is 7.98. The maximum atomic E-state index is 12.3. The van der Waals surface area contributed by atoms with E-state index in [0.29, 0.717) is 6.54 Å². The second-order valence-corrected chi connectivity index (χ2v) is 7.18. The summed E-state index contributed by atoms with van der Waals surface area (Å²) in [5.41, 5.74) is 3.25. The van der Waals surface area contributed by atoms with E-state index in [1.54, 1.807) is 17.7 Å². The zero-order chi connectivity index (χ0) is 16.1. The number of hydrogen-bond acceptors (Lipinski definition) is 4. The van der Waals surface area contributed by atoms with E-state index in [0.717, 1.165) is 22.5 Å². The Morgan fingerprint density at radius 3 is 3.09 bits per heavy atom. The van der Waals surface area contributed by atoms with Crippen LogP contribution in [0.15, 0.2) is 47.4 Å². The third kappa shape index (κ3) is 3.95. The number of thiophene rings is 1. The summed E-state index contributed by atoms with van der Waals surface area (Å²) in [6.07, 6.45) is 1.74. The fourth-order valence-corrected chi connectivity index (χ4v) is 3.95. The smallest absolute Gasteiger partial charge is 0.242 e. The highest BCUT2D eigenvalue weighted by Gasteiger charge is 2.16. The van der Waals surface area contributed by atoms with Gasteiger partial charge in [-0.25, -0.2) is 4.98 Å². The van der Waals surface area contributed by atoms with Crippen LogP contribution in [0.25, 0.3) is 11.0 Å². The lowest BCUT2D eigenvalue weighted by Gasteiger charge is -2.14. The minimum atomic E-state index is -0.260. The van der Waals surface area contributed by atoms with Crippen LogP contribution in [-0.2, 0) is 10.5 Å². The first-order chi connectivity index (χ1) is 11.3. The van der Waals surface area contributed by atoms with E-state index in [2.05, 4.69) is 27.1 Å². The van der Waals surface area contributed by atoms with Crippen LogP contribution in [0.2, 0.25) is 0 Å². The molecule has 0 saturated heterocycles. The predicted octanol–water partition coefficient (Wildman–Crippen LogP) is 3.71. The van der Waals surface area contributed by atoms with Gasteiger partial charge in [0.25, 0.3) is 0 Å². The number of thioether (sulfide) groups is 1. The second-order valence-electron chi connectivity index (χ2n) is 5.29. The van der Waals surface area contributed by atoms with E-state index in [1.807, 2.05) is 47.5 Å². The number of carbonyl (C=O) groups excluding carboxylic acids is 1. The van der Waals surface area contributed by atoms with Gasteiger partial charge in [-0.3, -0.25) is 4.79 Å². The number of nitrogens with one attached hydrogen (secondary N) is 1. The SMILES string of the molecule is CC(C(=O)NCCSCc1ccsc1)n1cnc2ccccc21. The molecule has 6 heteroatoms. The van der Waals surface area contributed by atoms with Crippen molar-refractivity contribution in [1.29, 1.82) is 0 Å². The van der Waals surface area contributed by atoms with Gasteiger partial charge in [-0.1, -0.05) is 12.1 Å². The second kappa shape index (κ2) is 7.66. The van der Waals surface area contributed by atoms with Crippen molar-refractivity contribution < 1.29 is 4.79 Å². The number of amides is 1. The molecule has 0 bridgehead atoms. The Hall–Kier alpha value is -1.79.